The standard InChI is InChI=1S/C20H34N2O7P2/c1-4-27-20(30-25,28-5-2)31(26,29-6-3)16-22-13-11-21(12-14-22)15-17-7-9-18(10-8-17)19(23)24/h7-10H,4-6,11-16,30H2,1-3H3,(H,23,24). The fourth-order valence-electron chi connectivity index (χ4n) is 3.60. The van der Waals surface area contributed by atoms with Crippen LogP contribution < -0.4 is 0 Å². The van der Waals surface area contributed by atoms with Gasteiger partial charge in [-0.1, -0.05) is 12.1 Å². The molecule has 0 spiro atoms. The van der Waals surface area contributed by atoms with Crippen LogP contribution in [0, 0.1) is 0 Å². The van der Waals surface area contributed by atoms with Crippen LogP contribution in [0.25, 0.3) is 0 Å². The van der Waals surface area contributed by atoms with Crippen molar-refractivity contribution in [2.75, 3.05) is 52.3 Å². The smallest absolute Gasteiger partial charge is 0.335 e. The number of hydrogen-bond acceptors (Lipinski definition) is 8. The minimum atomic E-state index is -3.53. The molecule has 9 nitrogen and oxygen atoms in total. The number of carbonyl (C=O) groups is 1. The highest BCUT2D eigenvalue weighted by Crippen LogP contribution is 2.65. The number of benzene rings is 1. The highest BCUT2D eigenvalue weighted by atomic mass is 31.2. The van der Waals surface area contributed by atoms with Crippen molar-refractivity contribution < 1.29 is 33.0 Å². The molecule has 2 unspecified atom stereocenters. The van der Waals surface area contributed by atoms with Gasteiger partial charge in [0.25, 0.3) is 12.6 Å². The molecule has 0 saturated carbocycles. The zero-order chi connectivity index (χ0) is 22.9. The summed E-state index contributed by atoms with van der Waals surface area (Å²) in [6.07, 6.45) is 0.122. The molecule has 2 atom stereocenters. The Hall–Kier alpha value is -1.05. The van der Waals surface area contributed by atoms with E-state index in [0.29, 0.717) is 19.6 Å². The van der Waals surface area contributed by atoms with Gasteiger partial charge in [-0.15, -0.1) is 0 Å². The van der Waals surface area contributed by atoms with Gasteiger partial charge in [-0.2, -0.15) is 0 Å². The van der Waals surface area contributed by atoms with Crippen LogP contribution in [0.3, 0.4) is 0 Å². The Kier molecular flexibility index (Phi) is 10.4. The van der Waals surface area contributed by atoms with E-state index in [1.165, 1.54) is 0 Å². The first kappa shape index (κ1) is 26.2. The van der Waals surface area contributed by atoms with Crippen LogP contribution in [0.4, 0.5) is 0 Å². The summed E-state index contributed by atoms with van der Waals surface area (Å²) in [5.41, 5.74) is 1.31. The lowest BCUT2D eigenvalue weighted by Crippen LogP contribution is -2.47. The normalized spacial score (nSPS) is 18.4. The summed E-state index contributed by atoms with van der Waals surface area (Å²) < 4.78 is 42.9. The second kappa shape index (κ2) is 12.3. The molecule has 0 aliphatic carbocycles. The van der Waals surface area contributed by atoms with E-state index in [0.717, 1.165) is 18.7 Å². The first-order chi connectivity index (χ1) is 14.8. The summed E-state index contributed by atoms with van der Waals surface area (Å²) in [5, 5.41) is 7.33. The van der Waals surface area contributed by atoms with Gasteiger partial charge in [0.15, 0.2) is 0 Å². The zero-order valence-corrected chi connectivity index (χ0v) is 20.5. The number of rotatable bonds is 13. The van der Waals surface area contributed by atoms with Crippen LogP contribution >= 0.6 is 15.8 Å². The van der Waals surface area contributed by atoms with Gasteiger partial charge >= 0.3 is 5.97 Å². The molecule has 0 aromatic heterocycles. The molecule has 1 heterocycles. The minimum absolute atomic E-state index is 0.122. The maximum atomic E-state index is 13.8. The molecular formula is C20H34N2O7P2. The molecule has 176 valence electrons. The number of aromatic carboxylic acids is 1. The Morgan fingerprint density at radius 2 is 1.58 bits per heavy atom. The summed E-state index contributed by atoms with van der Waals surface area (Å²) in [6.45, 7) is 9.49. The Balaban J connectivity index is 2.01. The van der Waals surface area contributed by atoms with E-state index in [-0.39, 0.29) is 31.7 Å². The molecule has 1 aromatic rings. The first-order valence-electron chi connectivity index (χ1n) is 10.6. The van der Waals surface area contributed by atoms with E-state index in [1.807, 2.05) is 17.0 Å². The zero-order valence-electron chi connectivity index (χ0n) is 18.5. The summed E-state index contributed by atoms with van der Waals surface area (Å²) in [6, 6.07) is 6.88. The number of carboxylic acids is 1. The topological polar surface area (TPSA) is 106 Å². The molecule has 0 radical (unpaired) electrons. The third kappa shape index (κ3) is 6.72. The average molecular weight is 476 g/mol. The molecule has 11 heteroatoms. The molecule has 1 fully saturated rings. The van der Waals surface area contributed by atoms with Crippen molar-refractivity contribution in [3.63, 3.8) is 0 Å². The van der Waals surface area contributed by atoms with Crippen LogP contribution in [-0.2, 0) is 29.7 Å². The second-order valence-corrected chi connectivity index (χ2v) is 11.2. The van der Waals surface area contributed by atoms with Crippen LogP contribution in [0.2, 0.25) is 0 Å². The number of piperazine rings is 1. The molecule has 1 N–H and O–H groups in total. The van der Waals surface area contributed by atoms with Gasteiger partial charge in [0, 0.05) is 45.9 Å². The van der Waals surface area contributed by atoms with Crippen LogP contribution in [0.1, 0.15) is 36.7 Å². The predicted molar refractivity (Wildman–Crippen MR) is 121 cm³/mol. The summed E-state index contributed by atoms with van der Waals surface area (Å²) in [7, 11) is -5.16. The number of ether oxygens (including phenoxy) is 2. The van der Waals surface area contributed by atoms with Gasteiger partial charge in [0.2, 0.25) is 0 Å². The molecule has 1 aliphatic rings. The van der Waals surface area contributed by atoms with Crippen LogP contribution in [-0.4, -0.2) is 78.4 Å². The van der Waals surface area contributed by atoms with Gasteiger partial charge in [-0.05, 0) is 38.5 Å². The predicted octanol–water partition coefficient (Wildman–Crippen LogP) is 3.22. The van der Waals surface area contributed by atoms with E-state index in [9.17, 15) is 13.9 Å². The third-order valence-corrected chi connectivity index (χ3v) is 9.91. The first-order valence-corrected chi connectivity index (χ1v) is 13.4. The van der Waals surface area contributed by atoms with Crippen LogP contribution in [0.5, 0.6) is 0 Å². The molecule has 2 rings (SSSR count). The van der Waals surface area contributed by atoms with E-state index in [2.05, 4.69) is 4.90 Å². The highest BCUT2D eigenvalue weighted by molar-refractivity contribution is 7.68. The number of nitrogens with zero attached hydrogens (tertiary/aromatic N) is 2. The third-order valence-electron chi connectivity index (χ3n) is 5.12. The van der Waals surface area contributed by atoms with Gasteiger partial charge in [-0.3, -0.25) is 14.4 Å². The number of hydrogen-bond donors (Lipinski definition) is 1. The summed E-state index contributed by atoms with van der Waals surface area (Å²) in [4.78, 5) is 15.3. The Morgan fingerprint density at radius 1 is 1.03 bits per heavy atom. The maximum Gasteiger partial charge on any atom is 0.335 e. The lowest BCUT2D eigenvalue weighted by atomic mass is 10.1. The Bertz CT molecular complexity index is 761. The lowest BCUT2D eigenvalue weighted by Gasteiger charge is -2.40. The van der Waals surface area contributed by atoms with Crippen molar-refractivity contribution in [3.8, 4) is 0 Å². The molecule has 31 heavy (non-hydrogen) atoms. The van der Waals surface area contributed by atoms with Gasteiger partial charge < -0.3 is 23.7 Å². The second-order valence-electron chi connectivity index (χ2n) is 7.24. The van der Waals surface area contributed by atoms with Crippen molar-refractivity contribution in [3.05, 3.63) is 35.4 Å². The minimum Gasteiger partial charge on any atom is -0.478 e. The van der Waals surface area contributed by atoms with Gasteiger partial charge in [0.1, 0.15) is 8.46 Å². The molecule has 1 aliphatic heterocycles. The van der Waals surface area contributed by atoms with Crippen LogP contribution in [0.15, 0.2) is 24.3 Å². The molecule has 1 saturated heterocycles. The fourth-order valence-corrected chi connectivity index (χ4v) is 7.52. The average Bonchev–Trinajstić information content (AvgIpc) is 2.75. The number of carboxylic acid groups (broad SMARTS) is 1. The fraction of sp³-hybridized carbons (Fsp3) is 0.650. The van der Waals surface area contributed by atoms with E-state index in [1.54, 1.807) is 32.9 Å². The van der Waals surface area contributed by atoms with Crippen molar-refractivity contribution in [2.24, 2.45) is 0 Å². The molecule has 0 bridgehead atoms. The Morgan fingerprint density at radius 3 is 2.03 bits per heavy atom. The molecular weight excluding hydrogens is 442 g/mol. The summed E-state index contributed by atoms with van der Waals surface area (Å²) in [5.74, 6) is -0.936. The largest absolute Gasteiger partial charge is 0.478 e. The van der Waals surface area contributed by atoms with E-state index in [4.69, 9.17) is 19.1 Å². The van der Waals surface area contributed by atoms with Gasteiger partial charge in [-0.25, -0.2) is 4.79 Å². The van der Waals surface area contributed by atoms with Crippen molar-refractivity contribution in [1.82, 2.24) is 9.80 Å². The summed E-state index contributed by atoms with van der Waals surface area (Å²) >= 11 is 0. The monoisotopic (exact) mass is 476 g/mol. The van der Waals surface area contributed by atoms with E-state index < -0.39 is 27.1 Å². The van der Waals surface area contributed by atoms with E-state index >= 15 is 0 Å². The maximum absolute atomic E-state index is 13.8. The molecule has 0 amide bonds. The van der Waals surface area contributed by atoms with Crippen molar-refractivity contribution in [1.29, 1.82) is 0 Å². The Labute approximate surface area is 185 Å². The van der Waals surface area contributed by atoms with Gasteiger partial charge in [0.05, 0.1) is 18.5 Å². The molecule has 1 aromatic carbocycles. The lowest BCUT2D eigenvalue weighted by molar-refractivity contribution is -0.121. The highest BCUT2D eigenvalue weighted by Gasteiger charge is 2.52. The van der Waals surface area contributed by atoms with Crippen molar-refractivity contribution >= 4 is 21.8 Å². The SMILES string of the molecule is CCOC(OCC)([PH2]=O)P(=O)(CN1CCN(Cc2ccc(C(=O)O)cc2)CC1)OCC. The quantitative estimate of drug-likeness (QED) is 0.339. The van der Waals surface area contributed by atoms with Crippen molar-refractivity contribution in [2.45, 2.75) is 32.6 Å².